The lowest BCUT2D eigenvalue weighted by molar-refractivity contribution is -0.123. The first kappa shape index (κ1) is 32.7. The van der Waals surface area contributed by atoms with Gasteiger partial charge in [0.2, 0.25) is 11.8 Å². The minimum Gasteiger partial charge on any atom is -0.484 e. The van der Waals surface area contributed by atoms with E-state index >= 15 is 0 Å². The van der Waals surface area contributed by atoms with Crippen molar-refractivity contribution in [3.05, 3.63) is 117 Å². The fraction of sp³-hybridized carbons (Fsp3) is 0.275. The lowest BCUT2D eigenvalue weighted by Gasteiger charge is -2.43. The molecular formula is C40H33N3O7S2. The van der Waals surface area contributed by atoms with Crippen LogP contribution in [0.2, 0.25) is 0 Å². The summed E-state index contributed by atoms with van der Waals surface area (Å²) < 4.78 is 11.1. The zero-order chi connectivity index (χ0) is 35.7. The van der Waals surface area contributed by atoms with Crippen LogP contribution < -0.4 is 19.8 Å². The van der Waals surface area contributed by atoms with Gasteiger partial charge in [0, 0.05) is 21.7 Å². The van der Waals surface area contributed by atoms with Gasteiger partial charge in [-0.1, -0.05) is 53.8 Å². The maximum atomic E-state index is 14.2. The third-order valence-corrected chi connectivity index (χ3v) is 13.6. The Labute approximate surface area is 306 Å². The summed E-state index contributed by atoms with van der Waals surface area (Å²) in [5.74, 6) is -1.86. The Morgan fingerprint density at radius 2 is 1.65 bits per heavy atom. The van der Waals surface area contributed by atoms with Gasteiger partial charge in [-0.15, -0.1) is 11.8 Å². The Morgan fingerprint density at radius 1 is 0.885 bits per heavy atom. The highest BCUT2D eigenvalue weighted by Gasteiger charge is 2.69. The molecule has 262 valence electrons. The maximum absolute atomic E-state index is 14.2. The average Bonchev–Trinajstić information content (AvgIpc) is 3.89. The number of ether oxygens (including phenoxy) is 2. The largest absolute Gasteiger partial charge is 0.484 e. The van der Waals surface area contributed by atoms with Crippen LogP contribution in [0.5, 0.6) is 5.75 Å². The lowest BCUT2D eigenvalue weighted by atomic mass is 9.68. The van der Waals surface area contributed by atoms with Crippen molar-refractivity contribution in [3.63, 3.8) is 0 Å². The number of hydrogen-bond donors (Lipinski definition) is 2. The molecule has 2 saturated carbocycles. The summed E-state index contributed by atoms with van der Waals surface area (Å²) in [5, 5.41) is 5.86. The van der Waals surface area contributed by atoms with Crippen molar-refractivity contribution in [2.45, 2.75) is 29.5 Å². The molecule has 1 saturated heterocycles. The van der Waals surface area contributed by atoms with E-state index in [9.17, 15) is 24.0 Å². The highest BCUT2D eigenvalue weighted by atomic mass is 32.2. The van der Waals surface area contributed by atoms with E-state index in [0.717, 1.165) is 32.7 Å². The number of carbonyl (C=O) groups is 4. The van der Waals surface area contributed by atoms with E-state index < -0.39 is 17.8 Å². The average molecular weight is 732 g/mol. The fourth-order valence-electron chi connectivity index (χ4n) is 9.02. The number of amides is 3. The number of aromatic nitrogens is 1. The van der Waals surface area contributed by atoms with Crippen molar-refractivity contribution in [2.24, 2.45) is 29.6 Å². The Bertz CT molecular complexity index is 2340. The molecule has 0 spiro atoms. The van der Waals surface area contributed by atoms with Gasteiger partial charge >= 0.3 is 10.8 Å². The highest BCUT2D eigenvalue weighted by molar-refractivity contribution is 8.00. The summed E-state index contributed by atoms with van der Waals surface area (Å²) in [7, 11) is 0. The van der Waals surface area contributed by atoms with Crippen molar-refractivity contribution in [2.75, 3.05) is 23.4 Å². The first-order chi connectivity index (χ1) is 25.3. The van der Waals surface area contributed by atoms with Crippen molar-refractivity contribution in [1.82, 2.24) is 4.98 Å². The number of carbonyl (C=O) groups excluding carboxylic acids is 4. The van der Waals surface area contributed by atoms with E-state index in [1.165, 1.54) is 16.2 Å². The SMILES string of the molecule is CCOC(=O)c1ccc(N2C(=O)C3C4CC(C3C2=O)C2C4Sc3[nH]c(=O)sc3[C@@H]2c2cccc(OCC(=O)Nc3ccc4ccccc4c3)c2)cc1. The normalized spacial score (nSPS) is 25.5. The van der Waals surface area contributed by atoms with E-state index in [1.807, 2.05) is 66.7 Å². The molecule has 0 radical (unpaired) electrons. The molecule has 6 unspecified atom stereocenters. The monoisotopic (exact) mass is 731 g/mol. The number of H-pyrrole nitrogens is 1. The number of rotatable bonds is 8. The molecule has 4 aliphatic rings. The zero-order valence-corrected chi connectivity index (χ0v) is 29.6. The molecule has 2 aliphatic carbocycles. The van der Waals surface area contributed by atoms with Crippen molar-refractivity contribution in [1.29, 1.82) is 0 Å². The summed E-state index contributed by atoms with van der Waals surface area (Å²) in [5.41, 5.74) is 2.42. The number of thiazole rings is 1. The number of anilines is 2. The Hall–Kier alpha value is -5.20. The number of nitrogens with zero attached hydrogens (tertiary/aromatic N) is 1. The Balaban J connectivity index is 0.969. The number of benzene rings is 4. The van der Waals surface area contributed by atoms with E-state index in [4.69, 9.17) is 9.47 Å². The zero-order valence-electron chi connectivity index (χ0n) is 27.9. The molecule has 2 N–H and O–H groups in total. The minimum absolute atomic E-state index is 0.00421. The molecule has 9 rings (SSSR count). The second-order valence-electron chi connectivity index (χ2n) is 13.7. The number of imide groups is 1. The number of aromatic amines is 1. The van der Waals surface area contributed by atoms with Crippen LogP contribution in [0.3, 0.4) is 0 Å². The molecule has 2 bridgehead atoms. The number of hydrogen-bond acceptors (Lipinski definition) is 9. The number of fused-ring (bicyclic) bond motifs is 10. The molecule has 3 heterocycles. The van der Waals surface area contributed by atoms with Gasteiger partial charge in [-0.2, -0.15) is 0 Å². The first-order valence-corrected chi connectivity index (χ1v) is 19.0. The first-order valence-electron chi connectivity index (χ1n) is 17.3. The molecule has 4 aromatic carbocycles. The van der Waals surface area contributed by atoms with Gasteiger partial charge in [0.1, 0.15) is 5.75 Å². The van der Waals surface area contributed by atoms with Gasteiger partial charge in [0.05, 0.1) is 34.7 Å². The Kier molecular flexibility index (Phi) is 8.04. The third-order valence-electron chi connectivity index (χ3n) is 11.0. The van der Waals surface area contributed by atoms with Crippen LogP contribution in [0.4, 0.5) is 11.4 Å². The summed E-state index contributed by atoms with van der Waals surface area (Å²) in [6.07, 6.45) is 0.756. The van der Waals surface area contributed by atoms with Crippen LogP contribution in [-0.4, -0.2) is 47.1 Å². The quantitative estimate of drug-likeness (QED) is 0.137. The molecule has 3 fully saturated rings. The van der Waals surface area contributed by atoms with Gasteiger partial charge in [-0.3, -0.25) is 24.1 Å². The molecule has 7 atom stereocenters. The predicted octanol–water partition coefficient (Wildman–Crippen LogP) is 6.46. The fourth-order valence-corrected chi connectivity index (χ4v) is 11.9. The number of esters is 1. The van der Waals surface area contributed by atoms with Gasteiger partial charge in [-0.25, -0.2) is 4.79 Å². The summed E-state index contributed by atoms with van der Waals surface area (Å²) >= 11 is 2.82. The Morgan fingerprint density at radius 3 is 2.44 bits per heavy atom. The third kappa shape index (κ3) is 5.35. The number of nitrogens with one attached hydrogen (secondary N) is 2. The number of thioether (sulfide) groups is 1. The second kappa shape index (κ2) is 12.8. The predicted molar refractivity (Wildman–Crippen MR) is 198 cm³/mol. The second-order valence-corrected chi connectivity index (χ2v) is 15.9. The van der Waals surface area contributed by atoms with Gasteiger partial charge in [-0.05, 0) is 96.0 Å². The van der Waals surface area contributed by atoms with E-state index in [-0.39, 0.29) is 64.7 Å². The van der Waals surface area contributed by atoms with Crippen LogP contribution in [0, 0.1) is 29.6 Å². The van der Waals surface area contributed by atoms with Gasteiger partial charge in [0.15, 0.2) is 6.61 Å². The smallest absolute Gasteiger partial charge is 0.338 e. The topological polar surface area (TPSA) is 135 Å². The van der Waals surface area contributed by atoms with Crippen LogP contribution in [-0.2, 0) is 19.1 Å². The molecule has 3 amide bonds. The standard InChI is InChI=1S/C40H33N3O7S2/c1-2-49-39(47)21-11-14-25(15-12-21)43-37(45)32-27-18-28(33(32)38(43)46)34-31(27)30(35-36(51-34)42-40(48)52-35)23-8-5-9-26(17-23)50-19-29(44)41-24-13-10-20-6-3-4-7-22(20)16-24/h3-17,27-28,30-34H,2,18-19H2,1H3,(H,41,44)(H,42,48)/t27?,28?,30-,31?,32?,33?,34?/m1/s1. The van der Waals surface area contributed by atoms with E-state index in [2.05, 4.69) is 10.3 Å². The molecule has 5 aromatic rings. The molecule has 1 aromatic heterocycles. The molecule has 2 aliphatic heterocycles. The summed E-state index contributed by atoms with van der Waals surface area (Å²) in [4.78, 5) is 71.2. The molecule has 52 heavy (non-hydrogen) atoms. The van der Waals surface area contributed by atoms with E-state index in [0.29, 0.717) is 22.7 Å². The molecule has 12 heteroatoms. The summed E-state index contributed by atoms with van der Waals surface area (Å²) in [6.45, 7) is 1.80. The van der Waals surface area contributed by atoms with Crippen LogP contribution in [0.15, 0.2) is 101 Å². The van der Waals surface area contributed by atoms with Crippen molar-refractivity contribution >= 4 is 68.9 Å². The summed E-state index contributed by atoms with van der Waals surface area (Å²) in [6, 6.07) is 27.7. The van der Waals surface area contributed by atoms with Gasteiger partial charge in [0.25, 0.3) is 5.91 Å². The van der Waals surface area contributed by atoms with Crippen molar-refractivity contribution in [3.8, 4) is 5.75 Å². The van der Waals surface area contributed by atoms with E-state index in [1.54, 1.807) is 43.0 Å². The highest BCUT2D eigenvalue weighted by Crippen LogP contribution is 2.68. The van der Waals surface area contributed by atoms with Crippen molar-refractivity contribution < 1.29 is 28.7 Å². The maximum Gasteiger partial charge on any atom is 0.338 e. The molecule has 10 nitrogen and oxygen atoms in total. The molecular weight excluding hydrogens is 699 g/mol. The van der Waals surface area contributed by atoms with Gasteiger partial charge < -0.3 is 19.8 Å². The van der Waals surface area contributed by atoms with Crippen LogP contribution in [0.1, 0.15) is 40.1 Å². The lowest BCUT2D eigenvalue weighted by Crippen LogP contribution is -2.42. The minimum atomic E-state index is -0.470. The van der Waals surface area contributed by atoms with Crippen LogP contribution in [0.25, 0.3) is 10.8 Å². The van der Waals surface area contributed by atoms with Crippen LogP contribution >= 0.6 is 23.1 Å².